The number of nitrogens with one attached hydrogen (secondary N) is 2. The van der Waals surface area contributed by atoms with Crippen molar-refractivity contribution in [3.05, 3.63) is 11.3 Å². The number of ether oxygens (including phenoxy) is 1. The Labute approximate surface area is 119 Å². The summed E-state index contributed by atoms with van der Waals surface area (Å²) in [5, 5.41) is 10.2. The van der Waals surface area contributed by atoms with Gasteiger partial charge in [-0.25, -0.2) is 8.42 Å². The number of sulfonamides is 1. The first-order valence-electron chi connectivity index (χ1n) is 6.69. The van der Waals surface area contributed by atoms with Crippen molar-refractivity contribution in [1.29, 1.82) is 0 Å². The highest BCUT2D eigenvalue weighted by Gasteiger charge is 2.29. The summed E-state index contributed by atoms with van der Waals surface area (Å²) in [6, 6.07) is 0.520. The highest BCUT2D eigenvalue weighted by molar-refractivity contribution is 7.89. The van der Waals surface area contributed by atoms with Crippen LogP contribution >= 0.6 is 0 Å². The van der Waals surface area contributed by atoms with Gasteiger partial charge < -0.3 is 10.1 Å². The van der Waals surface area contributed by atoms with E-state index in [-0.39, 0.29) is 5.03 Å². The van der Waals surface area contributed by atoms with Crippen molar-refractivity contribution in [2.24, 2.45) is 0 Å². The largest absolute Gasteiger partial charge is 0.383 e. The molecule has 1 aliphatic carbocycles. The van der Waals surface area contributed by atoms with Crippen LogP contribution in [0.5, 0.6) is 0 Å². The Morgan fingerprint density at radius 1 is 1.50 bits per heavy atom. The molecule has 8 heteroatoms. The Balaban J connectivity index is 2.17. The van der Waals surface area contributed by atoms with Crippen LogP contribution in [0.3, 0.4) is 0 Å². The maximum atomic E-state index is 12.5. The lowest BCUT2D eigenvalue weighted by atomic mass is 10.2. The lowest BCUT2D eigenvalue weighted by molar-refractivity contribution is 0.185. The fourth-order valence-corrected chi connectivity index (χ4v) is 3.18. The maximum absolute atomic E-state index is 12.5. The van der Waals surface area contributed by atoms with Crippen LogP contribution < -0.4 is 5.32 Å². The quantitative estimate of drug-likeness (QED) is 0.718. The molecule has 7 nitrogen and oxygen atoms in total. The Kier molecular flexibility index (Phi) is 4.79. The van der Waals surface area contributed by atoms with E-state index in [0.717, 1.165) is 24.1 Å². The molecule has 0 atom stereocenters. The number of aromatic nitrogens is 2. The molecule has 1 heterocycles. The molecular formula is C12H22N4O3S. The second kappa shape index (κ2) is 6.21. The number of hydrogen-bond donors (Lipinski definition) is 2. The van der Waals surface area contributed by atoms with E-state index in [2.05, 4.69) is 15.5 Å². The second-order valence-corrected chi connectivity index (χ2v) is 7.07. The van der Waals surface area contributed by atoms with Crippen molar-refractivity contribution in [2.75, 3.05) is 27.3 Å². The lowest BCUT2D eigenvalue weighted by Gasteiger charge is -2.16. The van der Waals surface area contributed by atoms with Gasteiger partial charge >= 0.3 is 0 Å². The van der Waals surface area contributed by atoms with Crippen LogP contribution in [0.25, 0.3) is 0 Å². The molecule has 1 saturated carbocycles. The van der Waals surface area contributed by atoms with E-state index in [0.29, 0.717) is 25.7 Å². The first-order valence-corrected chi connectivity index (χ1v) is 8.13. The summed E-state index contributed by atoms with van der Waals surface area (Å²) in [4.78, 5) is 0. The highest BCUT2D eigenvalue weighted by Crippen LogP contribution is 2.23. The molecule has 1 aromatic rings. The average molecular weight is 302 g/mol. The fraction of sp³-hybridized carbons (Fsp3) is 0.750. The smallest absolute Gasteiger partial charge is 0.262 e. The number of nitrogens with zero attached hydrogens (tertiary/aromatic N) is 2. The summed E-state index contributed by atoms with van der Waals surface area (Å²) >= 11 is 0. The Morgan fingerprint density at radius 3 is 2.80 bits per heavy atom. The third-order valence-electron chi connectivity index (χ3n) is 3.45. The number of aryl methyl sites for hydroxylation is 1. The molecular weight excluding hydrogens is 280 g/mol. The average Bonchev–Trinajstić information content (AvgIpc) is 3.16. The van der Waals surface area contributed by atoms with Gasteiger partial charge in [-0.2, -0.15) is 9.40 Å². The molecule has 2 N–H and O–H groups in total. The molecule has 114 valence electrons. The first kappa shape index (κ1) is 15.4. The van der Waals surface area contributed by atoms with Crippen LogP contribution in [-0.4, -0.2) is 56.3 Å². The number of methoxy groups -OCH3 is 1. The Hall–Kier alpha value is -0.960. The van der Waals surface area contributed by atoms with E-state index < -0.39 is 10.0 Å². The van der Waals surface area contributed by atoms with Crippen molar-refractivity contribution < 1.29 is 13.2 Å². The minimum absolute atomic E-state index is 0.113. The van der Waals surface area contributed by atoms with E-state index in [1.54, 1.807) is 7.11 Å². The lowest BCUT2D eigenvalue weighted by Crippen LogP contribution is -2.31. The second-order valence-electron chi connectivity index (χ2n) is 5.11. The summed E-state index contributed by atoms with van der Waals surface area (Å²) in [5.41, 5.74) is 1.51. The molecule has 0 amide bonds. The summed E-state index contributed by atoms with van der Waals surface area (Å²) in [6.07, 6.45) is 2.32. The Morgan fingerprint density at radius 2 is 2.20 bits per heavy atom. The van der Waals surface area contributed by atoms with Crippen molar-refractivity contribution in [3.63, 3.8) is 0 Å². The number of rotatable bonds is 8. The number of H-pyrrole nitrogens is 1. The molecule has 0 bridgehead atoms. The molecule has 2 rings (SSSR count). The first-order chi connectivity index (χ1) is 9.46. The third-order valence-corrected chi connectivity index (χ3v) is 5.28. The minimum atomic E-state index is -3.58. The van der Waals surface area contributed by atoms with Crippen LogP contribution in [-0.2, 0) is 21.3 Å². The van der Waals surface area contributed by atoms with Crippen LogP contribution in [0.2, 0.25) is 0 Å². The summed E-state index contributed by atoms with van der Waals surface area (Å²) in [5.74, 6) is 0. The van der Waals surface area contributed by atoms with Crippen molar-refractivity contribution in [3.8, 4) is 0 Å². The van der Waals surface area contributed by atoms with Gasteiger partial charge in [0.25, 0.3) is 10.0 Å². The Bertz CT molecular complexity index is 551. The number of aromatic amines is 1. The zero-order valence-electron chi connectivity index (χ0n) is 12.1. The normalized spacial score (nSPS) is 16.0. The van der Waals surface area contributed by atoms with E-state index in [1.165, 1.54) is 11.4 Å². The predicted molar refractivity (Wildman–Crippen MR) is 74.9 cm³/mol. The molecule has 1 aliphatic rings. The van der Waals surface area contributed by atoms with Crippen molar-refractivity contribution in [1.82, 2.24) is 19.8 Å². The van der Waals surface area contributed by atoms with Gasteiger partial charge in [0.1, 0.15) is 0 Å². The number of likely N-dealkylation sites (N-methyl/N-ethyl adjacent to an activating group) is 1. The van der Waals surface area contributed by atoms with E-state index in [9.17, 15) is 8.42 Å². The highest BCUT2D eigenvalue weighted by atomic mass is 32.2. The summed E-state index contributed by atoms with van der Waals surface area (Å²) in [6.45, 7) is 3.03. The maximum Gasteiger partial charge on any atom is 0.262 e. The SMILES string of the molecule is COCCN(C)S(=O)(=O)c1n[nH]c(C)c1CNC1CC1. The summed E-state index contributed by atoms with van der Waals surface area (Å²) < 4.78 is 31.2. The van der Waals surface area contributed by atoms with E-state index >= 15 is 0 Å². The standard InChI is InChI=1S/C12H22N4O3S/c1-9-11(8-13-10-4-5-10)12(15-14-9)20(17,18)16(2)6-7-19-3/h10,13H,4-8H2,1-3H3,(H,14,15). The molecule has 0 saturated heterocycles. The van der Waals surface area contributed by atoms with Gasteiger partial charge in [0.2, 0.25) is 0 Å². The van der Waals surface area contributed by atoms with Gasteiger partial charge in [-0.05, 0) is 19.8 Å². The van der Waals surface area contributed by atoms with Gasteiger partial charge in [0, 0.05) is 44.5 Å². The predicted octanol–water partition coefficient (Wildman–Crippen LogP) is 0.237. The van der Waals surface area contributed by atoms with Gasteiger partial charge in [-0.15, -0.1) is 0 Å². The zero-order valence-corrected chi connectivity index (χ0v) is 13.0. The number of hydrogen-bond acceptors (Lipinski definition) is 5. The van der Waals surface area contributed by atoms with E-state index in [4.69, 9.17) is 4.74 Å². The molecule has 0 aliphatic heterocycles. The summed E-state index contributed by atoms with van der Waals surface area (Å²) in [7, 11) is -0.494. The van der Waals surface area contributed by atoms with Crippen molar-refractivity contribution in [2.45, 2.75) is 37.4 Å². The van der Waals surface area contributed by atoms with Gasteiger partial charge in [-0.1, -0.05) is 0 Å². The van der Waals surface area contributed by atoms with Gasteiger partial charge in [0.05, 0.1) is 6.61 Å². The molecule has 0 unspecified atom stereocenters. The molecule has 1 aromatic heterocycles. The topological polar surface area (TPSA) is 87.3 Å². The molecule has 0 radical (unpaired) electrons. The molecule has 0 spiro atoms. The minimum Gasteiger partial charge on any atom is -0.383 e. The van der Waals surface area contributed by atoms with E-state index in [1.807, 2.05) is 6.92 Å². The van der Waals surface area contributed by atoms with Gasteiger partial charge in [0.15, 0.2) is 5.03 Å². The molecule has 1 fully saturated rings. The van der Waals surface area contributed by atoms with Crippen LogP contribution in [0, 0.1) is 6.92 Å². The molecule has 0 aromatic carbocycles. The van der Waals surface area contributed by atoms with Crippen molar-refractivity contribution >= 4 is 10.0 Å². The van der Waals surface area contributed by atoms with Gasteiger partial charge in [-0.3, -0.25) is 5.10 Å². The third kappa shape index (κ3) is 3.38. The van der Waals surface area contributed by atoms with Crippen LogP contribution in [0.1, 0.15) is 24.1 Å². The fourth-order valence-electron chi connectivity index (χ4n) is 1.87. The van der Waals surface area contributed by atoms with Crippen LogP contribution in [0.15, 0.2) is 5.03 Å². The molecule has 20 heavy (non-hydrogen) atoms. The van der Waals surface area contributed by atoms with Crippen LogP contribution in [0.4, 0.5) is 0 Å². The monoisotopic (exact) mass is 302 g/mol. The zero-order chi connectivity index (χ0) is 14.8.